The van der Waals surface area contributed by atoms with Gasteiger partial charge in [-0.15, -0.1) is 11.3 Å². The third-order valence-corrected chi connectivity index (χ3v) is 4.65. The maximum atomic E-state index is 6.22. The molecule has 0 atom stereocenters. The molecule has 0 fully saturated rings. The molecule has 3 heteroatoms. The predicted octanol–water partition coefficient (Wildman–Crippen LogP) is 4.84. The van der Waals surface area contributed by atoms with E-state index in [4.69, 9.17) is 10.7 Å². The Bertz CT molecular complexity index is 761. The second-order valence-corrected chi connectivity index (χ2v) is 7.04. The highest BCUT2D eigenvalue weighted by Gasteiger charge is 2.21. The van der Waals surface area contributed by atoms with Crippen molar-refractivity contribution in [1.29, 1.82) is 0 Å². The predicted molar refractivity (Wildman–Crippen MR) is 88.2 cm³/mol. The van der Waals surface area contributed by atoms with Crippen LogP contribution in [0, 0.1) is 0 Å². The Morgan fingerprint density at radius 2 is 1.70 bits per heavy atom. The molecule has 102 valence electrons. The zero-order valence-corrected chi connectivity index (χ0v) is 12.8. The van der Waals surface area contributed by atoms with Crippen LogP contribution < -0.4 is 5.73 Å². The van der Waals surface area contributed by atoms with Crippen molar-refractivity contribution in [3.05, 3.63) is 47.5 Å². The summed E-state index contributed by atoms with van der Waals surface area (Å²) in [5.41, 5.74) is 8.28. The molecule has 0 aliphatic rings. The number of nitrogens with zero attached hydrogens (tertiary/aromatic N) is 1. The molecule has 0 bridgehead atoms. The monoisotopic (exact) mass is 282 g/mol. The zero-order chi connectivity index (χ0) is 14.3. The normalized spacial score (nSPS) is 11.9. The molecule has 0 amide bonds. The lowest BCUT2D eigenvalue weighted by Gasteiger charge is -2.13. The van der Waals surface area contributed by atoms with Crippen LogP contribution in [0.15, 0.2) is 42.5 Å². The summed E-state index contributed by atoms with van der Waals surface area (Å²) in [6.45, 7) is 6.49. The van der Waals surface area contributed by atoms with Gasteiger partial charge in [0.1, 0.15) is 15.7 Å². The first-order chi connectivity index (χ1) is 9.47. The summed E-state index contributed by atoms with van der Waals surface area (Å²) in [7, 11) is 0. The first-order valence-corrected chi connectivity index (χ1v) is 7.53. The van der Waals surface area contributed by atoms with Gasteiger partial charge in [-0.2, -0.15) is 0 Å². The standard InChI is InChI=1S/C17H18N2S/c1-17(2,3)16-19-14(15(18)20-16)13-10-6-8-11-7-4-5-9-12(11)13/h4-10H,18H2,1-3H3. The average Bonchev–Trinajstić information content (AvgIpc) is 2.80. The van der Waals surface area contributed by atoms with Crippen molar-refractivity contribution in [2.75, 3.05) is 5.73 Å². The SMILES string of the molecule is CC(C)(C)c1nc(-c2cccc3ccccc23)c(N)s1. The third-order valence-electron chi connectivity index (χ3n) is 3.34. The fourth-order valence-electron chi connectivity index (χ4n) is 2.28. The zero-order valence-electron chi connectivity index (χ0n) is 12.0. The second-order valence-electron chi connectivity index (χ2n) is 6.01. The van der Waals surface area contributed by atoms with Crippen LogP contribution >= 0.6 is 11.3 Å². The number of anilines is 1. The molecule has 0 saturated carbocycles. The lowest BCUT2D eigenvalue weighted by molar-refractivity contribution is 0.586. The van der Waals surface area contributed by atoms with Crippen LogP contribution in [0.25, 0.3) is 22.0 Å². The van der Waals surface area contributed by atoms with E-state index >= 15 is 0 Å². The minimum absolute atomic E-state index is 0.0294. The van der Waals surface area contributed by atoms with Gasteiger partial charge >= 0.3 is 0 Å². The van der Waals surface area contributed by atoms with Crippen LogP contribution in [0.2, 0.25) is 0 Å². The lowest BCUT2D eigenvalue weighted by Crippen LogP contribution is -2.10. The van der Waals surface area contributed by atoms with Crippen LogP contribution in [0.5, 0.6) is 0 Å². The van der Waals surface area contributed by atoms with E-state index in [0.717, 1.165) is 21.3 Å². The molecule has 0 saturated heterocycles. The summed E-state index contributed by atoms with van der Waals surface area (Å²) >= 11 is 1.59. The van der Waals surface area contributed by atoms with E-state index in [1.807, 2.05) is 0 Å². The third kappa shape index (κ3) is 2.18. The minimum atomic E-state index is 0.0294. The van der Waals surface area contributed by atoms with Crippen molar-refractivity contribution >= 4 is 27.1 Å². The molecule has 0 spiro atoms. The van der Waals surface area contributed by atoms with Gasteiger partial charge in [0, 0.05) is 11.0 Å². The molecule has 2 nitrogen and oxygen atoms in total. The number of nitrogens with two attached hydrogens (primary N) is 1. The number of benzene rings is 2. The fourth-order valence-corrected chi connectivity index (χ4v) is 3.18. The van der Waals surface area contributed by atoms with Gasteiger partial charge in [0.05, 0.1) is 0 Å². The Morgan fingerprint density at radius 1 is 1.00 bits per heavy atom. The minimum Gasteiger partial charge on any atom is -0.389 e. The Labute approximate surface area is 123 Å². The van der Waals surface area contributed by atoms with Crippen molar-refractivity contribution in [1.82, 2.24) is 4.98 Å². The van der Waals surface area contributed by atoms with Gasteiger partial charge in [-0.25, -0.2) is 4.98 Å². The number of thiazole rings is 1. The van der Waals surface area contributed by atoms with Crippen molar-refractivity contribution in [2.24, 2.45) is 0 Å². The first kappa shape index (κ1) is 13.1. The van der Waals surface area contributed by atoms with Crippen LogP contribution in [-0.4, -0.2) is 4.98 Å². The van der Waals surface area contributed by atoms with Gasteiger partial charge in [-0.3, -0.25) is 0 Å². The van der Waals surface area contributed by atoms with E-state index in [2.05, 4.69) is 63.2 Å². The number of hydrogen-bond acceptors (Lipinski definition) is 3. The molecule has 1 heterocycles. The average molecular weight is 282 g/mol. The van der Waals surface area contributed by atoms with Gasteiger partial charge in [0.25, 0.3) is 0 Å². The highest BCUT2D eigenvalue weighted by molar-refractivity contribution is 7.16. The Morgan fingerprint density at radius 3 is 2.40 bits per heavy atom. The summed E-state index contributed by atoms with van der Waals surface area (Å²) in [6.07, 6.45) is 0. The Hall–Kier alpha value is -1.87. The second kappa shape index (κ2) is 4.60. The summed E-state index contributed by atoms with van der Waals surface area (Å²) in [5.74, 6) is 0. The highest BCUT2D eigenvalue weighted by Crippen LogP contribution is 2.38. The largest absolute Gasteiger partial charge is 0.389 e. The molecule has 3 rings (SSSR count). The number of fused-ring (bicyclic) bond motifs is 1. The van der Waals surface area contributed by atoms with E-state index in [0.29, 0.717) is 0 Å². The van der Waals surface area contributed by atoms with Gasteiger partial charge in [0.15, 0.2) is 0 Å². The quantitative estimate of drug-likeness (QED) is 0.693. The van der Waals surface area contributed by atoms with Crippen molar-refractivity contribution in [3.8, 4) is 11.3 Å². The summed E-state index contributed by atoms with van der Waals surface area (Å²) in [6, 6.07) is 14.6. The van der Waals surface area contributed by atoms with E-state index in [9.17, 15) is 0 Å². The topological polar surface area (TPSA) is 38.9 Å². The van der Waals surface area contributed by atoms with E-state index in [-0.39, 0.29) is 5.41 Å². The highest BCUT2D eigenvalue weighted by atomic mass is 32.1. The number of rotatable bonds is 1. The molecule has 0 radical (unpaired) electrons. The first-order valence-electron chi connectivity index (χ1n) is 6.72. The summed E-state index contributed by atoms with van der Waals surface area (Å²) in [4.78, 5) is 4.79. The molecule has 2 N–H and O–H groups in total. The van der Waals surface area contributed by atoms with Gasteiger partial charge < -0.3 is 5.73 Å². The number of nitrogen functional groups attached to an aromatic ring is 1. The van der Waals surface area contributed by atoms with Crippen molar-refractivity contribution < 1.29 is 0 Å². The maximum Gasteiger partial charge on any atom is 0.114 e. The van der Waals surface area contributed by atoms with E-state index in [1.165, 1.54) is 10.8 Å². The lowest BCUT2D eigenvalue weighted by atomic mass is 9.98. The molecular formula is C17H18N2S. The van der Waals surface area contributed by atoms with Crippen LogP contribution in [0.4, 0.5) is 5.00 Å². The van der Waals surface area contributed by atoms with Crippen LogP contribution in [-0.2, 0) is 5.41 Å². The molecule has 0 aliphatic heterocycles. The van der Waals surface area contributed by atoms with Crippen molar-refractivity contribution in [3.63, 3.8) is 0 Å². The molecule has 2 aromatic carbocycles. The molecule has 3 aromatic rings. The number of hydrogen-bond donors (Lipinski definition) is 1. The van der Waals surface area contributed by atoms with Gasteiger partial charge in [0.2, 0.25) is 0 Å². The Kier molecular flexibility index (Phi) is 3.02. The molecular weight excluding hydrogens is 264 g/mol. The van der Waals surface area contributed by atoms with Crippen molar-refractivity contribution in [2.45, 2.75) is 26.2 Å². The van der Waals surface area contributed by atoms with Gasteiger partial charge in [-0.05, 0) is 10.8 Å². The summed E-state index contributed by atoms with van der Waals surface area (Å²) in [5, 5.41) is 4.30. The summed E-state index contributed by atoms with van der Waals surface area (Å²) < 4.78 is 0. The molecule has 0 aliphatic carbocycles. The molecule has 20 heavy (non-hydrogen) atoms. The van der Waals surface area contributed by atoms with Crippen LogP contribution in [0.3, 0.4) is 0 Å². The fraction of sp³-hybridized carbons (Fsp3) is 0.235. The van der Waals surface area contributed by atoms with Gasteiger partial charge in [-0.1, -0.05) is 63.2 Å². The smallest absolute Gasteiger partial charge is 0.114 e. The van der Waals surface area contributed by atoms with Crippen LogP contribution in [0.1, 0.15) is 25.8 Å². The van der Waals surface area contributed by atoms with E-state index in [1.54, 1.807) is 11.3 Å². The molecule has 0 unspecified atom stereocenters. The van der Waals surface area contributed by atoms with E-state index < -0.39 is 0 Å². The Balaban J connectivity index is 2.24. The number of aromatic nitrogens is 1. The maximum absolute atomic E-state index is 6.22. The molecule has 1 aromatic heterocycles.